The van der Waals surface area contributed by atoms with Crippen LogP contribution in [0.2, 0.25) is 0 Å². The molecule has 1 fully saturated rings. The van der Waals surface area contributed by atoms with Gasteiger partial charge in [-0.05, 0) is 31.4 Å². The third kappa shape index (κ3) is 6.16. The highest BCUT2D eigenvalue weighted by molar-refractivity contribution is 5.77. The summed E-state index contributed by atoms with van der Waals surface area (Å²) in [6, 6.07) is 10.0. The number of piperidine rings is 1. The first-order valence-electron chi connectivity index (χ1n) is 8.53. The monoisotopic (exact) mass is 316 g/mol. The third-order valence-electron chi connectivity index (χ3n) is 4.45. The van der Waals surface area contributed by atoms with Crippen LogP contribution in [0.5, 0.6) is 0 Å². The molecule has 1 amide bonds. The first-order chi connectivity index (χ1) is 11.2. The topological polar surface area (TPSA) is 52.6 Å². The zero-order chi connectivity index (χ0) is 16.5. The molecule has 4 nitrogen and oxygen atoms in total. The number of hydrogen-bond acceptors (Lipinski definition) is 3. The van der Waals surface area contributed by atoms with E-state index in [2.05, 4.69) is 16.8 Å². The molecule has 0 bridgehead atoms. The second kappa shape index (κ2) is 9.48. The molecular formula is C19H28N2O2. The summed E-state index contributed by atoms with van der Waals surface area (Å²) in [6.45, 7) is 7.45. The first-order valence-corrected chi connectivity index (χ1v) is 8.53. The number of amides is 1. The highest BCUT2D eigenvalue weighted by atomic mass is 16.3. The van der Waals surface area contributed by atoms with E-state index >= 15 is 0 Å². The van der Waals surface area contributed by atoms with E-state index in [4.69, 9.17) is 0 Å². The van der Waals surface area contributed by atoms with Crippen molar-refractivity contribution in [1.29, 1.82) is 0 Å². The summed E-state index contributed by atoms with van der Waals surface area (Å²) in [5.74, 6) is 0.146. The Balaban J connectivity index is 1.64. The maximum absolute atomic E-state index is 12.1. The lowest BCUT2D eigenvalue weighted by Gasteiger charge is -2.29. The molecule has 0 aromatic heterocycles. The molecular weight excluding hydrogens is 288 g/mol. The van der Waals surface area contributed by atoms with E-state index in [1.807, 2.05) is 36.4 Å². The van der Waals surface area contributed by atoms with E-state index < -0.39 is 0 Å². The molecule has 0 radical (unpaired) electrons. The standard InChI is InChI=1S/C19H28N2O2/c1-2-16(17-7-4-3-5-8-17)15-19(23)20-11-6-12-21-13-9-18(22)10-14-21/h2-5,7-8,16,18,22H,1,6,9-15H2,(H,20,23). The van der Waals surface area contributed by atoms with Gasteiger partial charge in [0.1, 0.15) is 0 Å². The summed E-state index contributed by atoms with van der Waals surface area (Å²) >= 11 is 0. The quantitative estimate of drug-likeness (QED) is 0.571. The minimum atomic E-state index is -0.125. The number of carbonyl (C=O) groups excluding carboxylic acids is 1. The van der Waals surface area contributed by atoms with Crippen molar-refractivity contribution in [2.45, 2.75) is 37.7 Å². The average molecular weight is 316 g/mol. The van der Waals surface area contributed by atoms with Crippen molar-refractivity contribution in [2.75, 3.05) is 26.2 Å². The Morgan fingerprint density at radius 1 is 1.35 bits per heavy atom. The van der Waals surface area contributed by atoms with Crippen LogP contribution in [0.3, 0.4) is 0 Å². The van der Waals surface area contributed by atoms with Gasteiger partial charge in [0.25, 0.3) is 0 Å². The Bertz CT molecular complexity index is 481. The maximum atomic E-state index is 12.1. The Kier molecular flexibility index (Phi) is 7.30. The van der Waals surface area contributed by atoms with Gasteiger partial charge in [-0.2, -0.15) is 0 Å². The predicted molar refractivity (Wildman–Crippen MR) is 93.3 cm³/mol. The summed E-state index contributed by atoms with van der Waals surface area (Å²) in [6.07, 6.45) is 4.85. The highest BCUT2D eigenvalue weighted by Crippen LogP contribution is 2.20. The maximum Gasteiger partial charge on any atom is 0.220 e. The van der Waals surface area contributed by atoms with Gasteiger partial charge in [0.05, 0.1) is 6.10 Å². The molecule has 1 unspecified atom stereocenters. The fourth-order valence-corrected chi connectivity index (χ4v) is 2.98. The molecule has 1 aliphatic heterocycles. The molecule has 2 N–H and O–H groups in total. The fraction of sp³-hybridized carbons (Fsp3) is 0.526. The number of aliphatic hydroxyl groups excluding tert-OH is 1. The van der Waals surface area contributed by atoms with Crippen molar-refractivity contribution < 1.29 is 9.90 Å². The number of aliphatic hydroxyl groups is 1. The van der Waals surface area contributed by atoms with Gasteiger partial charge < -0.3 is 15.3 Å². The smallest absolute Gasteiger partial charge is 0.220 e. The van der Waals surface area contributed by atoms with Crippen LogP contribution in [0.15, 0.2) is 43.0 Å². The summed E-state index contributed by atoms with van der Waals surface area (Å²) in [7, 11) is 0. The average Bonchev–Trinajstić information content (AvgIpc) is 2.59. The molecule has 1 aromatic rings. The van der Waals surface area contributed by atoms with Crippen molar-refractivity contribution in [3.8, 4) is 0 Å². The number of carbonyl (C=O) groups is 1. The Morgan fingerprint density at radius 3 is 2.70 bits per heavy atom. The largest absolute Gasteiger partial charge is 0.393 e. The lowest BCUT2D eigenvalue weighted by atomic mass is 9.95. The minimum Gasteiger partial charge on any atom is -0.393 e. The molecule has 126 valence electrons. The van der Waals surface area contributed by atoms with Crippen LogP contribution >= 0.6 is 0 Å². The molecule has 1 atom stereocenters. The van der Waals surface area contributed by atoms with Crippen LogP contribution < -0.4 is 5.32 Å². The van der Waals surface area contributed by atoms with Crippen molar-refractivity contribution >= 4 is 5.91 Å². The van der Waals surface area contributed by atoms with Crippen LogP contribution in [0, 0.1) is 0 Å². The van der Waals surface area contributed by atoms with E-state index in [1.165, 1.54) is 0 Å². The Hall–Kier alpha value is -1.65. The van der Waals surface area contributed by atoms with Crippen molar-refractivity contribution in [1.82, 2.24) is 10.2 Å². The van der Waals surface area contributed by atoms with Crippen LogP contribution in [0.25, 0.3) is 0 Å². The number of benzene rings is 1. The number of allylic oxidation sites excluding steroid dienone is 1. The van der Waals surface area contributed by atoms with Gasteiger partial charge in [0.2, 0.25) is 5.91 Å². The fourth-order valence-electron chi connectivity index (χ4n) is 2.98. The van der Waals surface area contributed by atoms with E-state index in [0.717, 1.165) is 44.5 Å². The zero-order valence-corrected chi connectivity index (χ0v) is 13.8. The molecule has 1 aliphatic rings. The summed E-state index contributed by atoms with van der Waals surface area (Å²) < 4.78 is 0. The van der Waals surface area contributed by atoms with E-state index in [0.29, 0.717) is 13.0 Å². The van der Waals surface area contributed by atoms with Crippen molar-refractivity contribution in [2.24, 2.45) is 0 Å². The Labute approximate surface area is 139 Å². The second-order valence-electron chi connectivity index (χ2n) is 6.23. The summed E-state index contributed by atoms with van der Waals surface area (Å²) in [4.78, 5) is 14.4. The van der Waals surface area contributed by atoms with Gasteiger partial charge in [-0.15, -0.1) is 6.58 Å². The van der Waals surface area contributed by atoms with Crippen molar-refractivity contribution in [3.05, 3.63) is 48.6 Å². The number of rotatable bonds is 8. The summed E-state index contributed by atoms with van der Waals surface area (Å²) in [5, 5.41) is 12.5. The summed E-state index contributed by atoms with van der Waals surface area (Å²) in [5.41, 5.74) is 1.13. The highest BCUT2D eigenvalue weighted by Gasteiger charge is 2.16. The number of nitrogens with one attached hydrogen (secondary N) is 1. The van der Waals surface area contributed by atoms with Gasteiger partial charge >= 0.3 is 0 Å². The van der Waals surface area contributed by atoms with Crippen LogP contribution in [0.1, 0.15) is 37.2 Å². The molecule has 1 aromatic carbocycles. The third-order valence-corrected chi connectivity index (χ3v) is 4.45. The molecule has 2 rings (SSSR count). The van der Waals surface area contributed by atoms with Gasteiger partial charge in [-0.25, -0.2) is 0 Å². The van der Waals surface area contributed by atoms with E-state index in [-0.39, 0.29) is 17.9 Å². The molecule has 0 saturated carbocycles. The lowest BCUT2D eigenvalue weighted by molar-refractivity contribution is -0.121. The molecule has 4 heteroatoms. The molecule has 23 heavy (non-hydrogen) atoms. The molecule has 0 aliphatic carbocycles. The number of nitrogens with zero attached hydrogens (tertiary/aromatic N) is 1. The van der Waals surface area contributed by atoms with Crippen LogP contribution in [-0.4, -0.2) is 48.2 Å². The lowest BCUT2D eigenvalue weighted by Crippen LogP contribution is -2.37. The van der Waals surface area contributed by atoms with Gasteiger partial charge in [0, 0.05) is 32.0 Å². The van der Waals surface area contributed by atoms with Crippen LogP contribution in [0.4, 0.5) is 0 Å². The molecule has 0 spiro atoms. The van der Waals surface area contributed by atoms with E-state index in [1.54, 1.807) is 0 Å². The minimum absolute atomic E-state index is 0.0692. The van der Waals surface area contributed by atoms with Gasteiger partial charge in [0.15, 0.2) is 0 Å². The molecule has 1 heterocycles. The van der Waals surface area contributed by atoms with Crippen molar-refractivity contribution in [3.63, 3.8) is 0 Å². The first kappa shape index (κ1) is 17.7. The molecule has 1 saturated heterocycles. The SMILES string of the molecule is C=CC(CC(=O)NCCCN1CCC(O)CC1)c1ccccc1. The number of likely N-dealkylation sites (tertiary alicyclic amines) is 1. The van der Waals surface area contributed by atoms with E-state index in [9.17, 15) is 9.90 Å². The normalized spacial score (nSPS) is 17.6. The van der Waals surface area contributed by atoms with Gasteiger partial charge in [-0.1, -0.05) is 36.4 Å². The zero-order valence-electron chi connectivity index (χ0n) is 13.8. The Morgan fingerprint density at radius 2 is 2.04 bits per heavy atom. The van der Waals surface area contributed by atoms with Crippen LogP contribution in [-0.2, 0) is 4.79 Å². The predicted octanol–water partition coefficient (Wildman–Crippen LogP) is 2.31. The second-order valence-corrected chi connectivity index (χ2v) is 6.23. The number of hydrogen-bond donors (Lipinski definition) is 2. The van der Waals surface area contributed by atoms with Gasteiger partial charge in [-0.3, -0.25) is 4.79 Å².